The molecule has 0 unspecified atom stereocenters. The molecule has 1 aromatic heterocycles. The molecule has 5 heteroatoms. The van der Waals surface area contributed by atoms with Crippen LogP contribution in [0.25, 0.3) is 0 Å². The fraction of sp³-hybridized carbons (Fsp3) is 0.200. The van der Waals surface area contributed by atoms with Gasteiger partial charge in [-0.15, -0.1) is 0 Å². The van der Waals surface area contributed by atoms with Crippen LogP contribution in [0.5, 0.6) is 0 Å². The Labute approximate surface area is 116 Å². The number of benzene rings is 1. The molecule has 5 nitrogen and oxygen atoms in total. The van der Waals surface area contributed by atoms with Crippen LogP contribution in [0.4, 0.5) is 5.88 Å². The van der Waals surface area contributed by atoms with Crippen LogP contribution < -0.4 is 5.32 Å². The van der Waals surface area contributed by atoms with Gasteiger partial charge >= 0.3 is 0 Å². The molecule has 1 heterocycles. The minimum atomic E-state index is -0.330. The summed E-state index contributed by atoms with van der Waals surface area (Å²) in [5.74, 6) is 5.27. The fourth-order valence-corrected chi connectivity index (χ4v) is 1.70. The highest BCUT2D eigenvalue weighted by Gasteiger charge is 2.12. The summed E-state index contributed by atoms with van der Waals surface area (Å²) in [6.45, 7) is 3.42. The van der Waals surface area contributed by atoms with Gasteiger partial charge in [-0.05, 0) is 31.5 Å². The Morgan fingerprint density at radius 1 is 1.40 bits per heavy atom. The molecule has 1 amide bonds. The van der Waals surface area contributed by atoms with Crippen molar-refractivity contribution in [2.75, 3.05) is 11.9 Å². The van der Waals surface area contributed by atoms with E-state index >= 15 is 0 Å². The first-order chi connectivity index (χ1) is 9.60. The van der Waals surface area contributed by atoms with Crippen LogP contribution in [0, 0.1) is 25.7 Å². The molecular formula is C15H14N2O3. The van der Waals surface area contributed by atoms with E-state index < -0.39 is 0 Å². The average Bonchev–Trinajstić information content (AvgIpc) is 2.81. The Morgan fingerprint density at radius 3 is 2.85 bits per heavy atom. The molecular weight excluding hydrogens is 256 g/mol. The van der Waals surface area contributed by atoms with E-state index in [0.29, 0.717) is 16.8 Å². The van der Waals surface area contributed by atoms with Crippen molar-refractivity contribution in [2.24, 2.45) is 0 Å². The topological polar surface area (TPSA) is 75.4 Å². The van der Waals surface area contributed by atoms with Crippen molar-refractivity contribution in [3.8, 4) is 11.8 Å². The van der Waals surface area contributed by atoms with Gasteiger partial charge in [0.2, 0.25) is 5.88 Å². The van der Waals surface area contributed by atoms with E-state index in [1.165, 1.54) is 0 Å². The van der Waals surface area contributed by atoms with Crippen LogP contribution in [0.1, 0.15) is 27.2 Å². The maximum atomic E-state index is 12.2. The molecule has 0 bridgehead atoms. The predicted molar refractivity (Wildman–Crippen MR) is 74.3 cm³/mol. The van der Waals surface area contributed by atoms with Crippen LogP contribution in [-0.2, 0) is 0 Å². The Kier molecular flexibility index (Phi) is 4.18. The molecule has 20 heavy (non-hydrogen) atoms. The highest BCUT2D eigenvalue weighted by molar-refractivity contribution is 6.05. The first-order valence-electron chi connectivity index (χ1n) is 6.05. The van der Waals surface area contributed by atoms with Crippen molar-refractivity contribution in [3.63, 3.8) is 0 Å². The second kappa shape index (κ2) is 6.04. The van der Waals surface area contributed by atoms with Crippen molar-refractivity contribution in [2.45, 2.75) is 13.8 Å². The smallest absolute Gasteiger partial charge is 0.259 e. The number of carbonyl (C=O) groups excluding carboxylic acids is 1. The van der Waals surface area contributed by atoms with Gasteiger partial charge in [-0.3, -0.25) is 10.1 Å². The minimum Gasteiger partial charge on any atom is -0.384 e. The highest BCUT2D eigenvalue weighted by atomic mass is 16.5. The fourth-order valence-electron chi connectivity index (χ4n) is 1.70. The van der Waals surface area contributed by atoms with Gasteiger partial charge in [0.15, 0.2) is 0 Å². The van der Waals surface area contributed by atoms with Gasteiger partial charge in [-0.25, -0.2) is 0 Å². The largest absolute Gasteiger partial charge is 0.384 e. The second-order valence-corrected chi connectivity index (χ2v) is 4.30. The first kappa shape index (κ1) is 13.8. The van der Waals surface area contributed by atoms with Crippen molar-refractivity contribution in [3.05, 3.63) is 46.6 Å². The summed E-state index contributed by atoms with van der Waals surface area (Å²) in [6, 6.07) is 6.94. The van der Waals surface area contributed by atoms with Gasteiger partial charge in [0.25, 0.3) is 5.91 Å². The maximum Gasteiger partial charge on any atom is 0.259 e. The van der Waals surface area contributed by atoms with Gasteiger partial charge in [-0.1, -0.05) is 23.1 Å². The van der Waals surface area contributed by atoms with E-state index in [0.717, 1.165) is 5.56 Å². The van der Waals surface area contributed by atoms with Gasteiger partial charge < -0.3 is 9.63 Å². The molecule has 0 aliphatic carbocycles. The highest BCUT2D eigenvalue weighted by Crippen LogP contribution is 2.15. The van der Waals surface area contributed by atoms with Crippen molar-refractivity contribution in [1.82, 2.24) is 5.16 Å². The van der Waals surface area contributed by atoms with E-state index in [2.05, 4.69) is 22.3 Å². The summed E-state index contributed by atoms with van der Waals surface area (Å²) in [5.41, 5.74) is 2.65. The number of anilines is 1. The van der Waals surface area contributed by atoms with Crippen LogP contribution in [0.2, 0.25) is 0 Å². The van der Waals surface area contributed by atoms with Gasteiger partial charge in [0, 0.05) is 11.6 Å². The van der Waals surface area contributed by atoms with Gasteiger partial charge in [0.05, 0.1) is 11.3 Å². The number of hydrogen-bond acceptors (Lipinski definition) is 4. The zero-order valence-corrected chi connectivity index (χ0v) is 11.2. The van der Waals surface area contributed by atoms with Crippen LogP contribution in [-0.4, -0.2) is 22.8 Å². The third kappa shape index (κ3) is 3.25. The summed E-state index contributed by atoms with van der Waals surface area (Å²) >= 11 is 0. The molecule has 0 aliphatic heterocycles. The molecule has 102 valence electrons. The number of aliphatic hydroxyl groups is 1. The summed E-state index contributed by atoms with van der Waals surface area (Å²) in [5, 5.41) is 15.1. The number of aromatic nitrogens is 1. The number of aryl methyl sites for hydroxylation is 2. The van der Waals surface area contributed by atoms with E-state index in [1.54, 1.807) is 25.1 Å². The maximum absolute atomic E-state index is 12.2. The lowest BCUT2D eigenvalue weighted by Crippen LogP contribution is -2.13. The summed E-state index contributed by atoms with van der Waals surface area (Å²) in [7, 11) is 0. The van der Waals surface area contributed by atoms with Gasteiger partial charge in [-0.2, -0.15) is 0 Å². The zero-order valence-electron chi connectivity index (χ0n) is 11.2. The first-order valence-corrected chi connectivity index (χ1v) is 6.05. The summed E-state index contributed by atoms with van der Waals surface area (Å²) < 4.78 is 4.94. The van der Waals surface area contributed by atoms with Crippen molar-refractivity contribution in [1.29, 1.82) is 0 Å². The molecule has 0 saturated heterocycles. The molecule has 0 fully saturated rings. The molecule has 2 aromatic rings. The molecule has 2 N–H and O–H groups in total. The third-order valence-electron chi connectivity index (χ3n) is 2.59. The number of rotatable bonds is 2. The molecule has 0 atom stereocenters. The average molecular weight is 270 g/mol. The number of hydrogen-bond donors (Lipinski definition) is 2. The third-order valence-corrected chi connectivity index (χ3v) is 2.59. The quantitative estimate of drug-likeness (QED) is 0.817. The molecule has 0 saturated carbocycles. The van der Waals surface area contributed by atoms with Crippen LogP contribution in [0.15, 0.2) is 28.8 Å². The number of nitrogens with one attached hydrogen (secondary N) is 1. The van der Waals surface area contributed by atoms with Crippen LogP contribution in [0.3, 0.4) is 0 Å². The number of carbonyl (C=O) groups is 1. The Morgan fingerprint density at radius 2 is 2.20 bits per heavy atom. The van der Waals surface area contributed by atoms with Crippen LogP contribution >= 0.6 is 0 Å². The monoisotopic (exact) mass is 270 g/mol. The molecule has 0 radical (unpaired) electrons. The molecule has 2 rings (SSSR count). The van der Waals surface area contributed by atoms with E-state index in [1.807, 2.05) is 13.0 Å². The molecule has 0 aliphatic rings. The summed E-state index contributed by atoms with van der Waals surface area (Å²) in [4.78, 5) is 12.2. The Bertz CT molecular complexity index is 693. The van der Waals surface area contributed by atoms with E-state index in [9.17, 15) is 4.79 Å². The van der Waals surface area contributed by atoms with Crippen molar-refractivity contribution < 1.29 is 14.4 Å². The van der Waals surface area contributed by atoms with Crippen molar-refractivity contribution >= 4 is 11.8 Å². The lowest BCUT2D eigenvalue weighted by molar-refractivity contribution is 0.102. The van der Waals surface area contributed by atoms with E-state index in [4.69, 9.17) is 9.63 Å². The molecule has 1 aromatic carbocycles. The standard InChI is InChI=1S/C15H14N2O3/c1-10-5-6-13(12(8-10)4-3-7-18)15(19)16-14-9-11(2)17-20-14/h5-6,8-9,18H,7H2,1-2H3,(H,16,19). The Balaban J connectivity index is 2.29. The normalized spacial score (nSPS) is 9.75. The second-order valence-electron chi connectivity index (χ2n) is 4.30. The van der Waals surface area contributed by atoms with E-state index in [-0.39, 0.29) is 18.4 Å². The SMILES string of the molecule is Cc1ccc(C(=O)Nc2cc(C)no2)c(C#CCO)c1. The van der Waals surface area contributed by atoms with Gasteiger partial charge in [0.1, 0.15) is 6.61 Å². The molecule has 0 spiro atoms. The predicted octanol–water partition coefficient (Wildman–Crippen LogP) is 1.89. The lowest BCUT2D eigenvalue weighted by atomic mass is 10.0. The number of aliphatic hydroxyl groups excluding tert-OH is 1. The lowest BCUT2D eigenvalue weighted by Gasteiger charge is -2.05. The minimum absolute atomic E-state index is 0.254. The number of amides is 1. The number of nitrogens with zero attached hydrogens (tertiary/aromatic N) is 1. The summed E-state index contributed by atoms with van der Waals surface area (Å²) in [6.07, 6.45) is 0. The Hall–Kier alpha value is -2.58. The zero-order chi connectivity index (χ0) is 14.5.